The lowest BCUT2D eigenvalue weighted by Gasteiger charge is -2.12. The molecule has 1 N–H and O–H groups in total. The second kappa shape index (κ2) is 4.69. The Morgan fingerprint density at radius 1 is 1.62 bits per heavy atom. The van der Waals surface area contributed by atoms with Crippen LogP contribution < -0.4 is 4.74 Å². The molecule has 0 unspecified atom stereocenters. The van der Waals surface area contributed by atoms with Gasteiger partial charge < -0.3 is 9.84 Å². The number of ether oxygens (including phenoxy) is 1. The number of halogens is 2. The number of carbonyl (C=O) groups is 1. The maximum Gasteiger partial charge on any atom is 0.328 e. The fraction of sp³-hybridized carbons (Fsp3) is 0.200. The first-order chi connectivity index (χ1) is 7.45. The molecule has 0 aliphatic carbocycles. The Morgan fingerprint density at radius 3 is 2.88 bits per heavy atom. The van der Waals surface area contributed by atoms with E-state index >= 15 is 0 Å². The summed E-state index contributed by atoms with van der Waals surface area (Å²) in [6, 6.07) is 2.14. The Balaban J connectivity index is 3.01. The van der Waals surface area contributed by atoms with Crippen LogP contribution in [0.3, 0.4) is 0 Å². The molecule has 0 radical (unpaired) electrons. The molecule has 0 atom stereocenters. The monoisotopic (exact) mass is 229 g/mol. The number of allylic oxidation sites excluding steroid dienone is 1. The third-order valence-electron chi connectivity index (χ3n) is 1.76. The highest BCUT2D eigenvalue weighted by molar-refractivity contribution is 5.79. The van der Waals surface area contributed by atoms with Gasteiger partial charge in [0.2, 0.25) is 5.88 Å². The molecule has 4 nitrogen and oxygen atoms in total. The Kier molecular flexibility index (Phi) is 3.55. The van der Waals surface area contributed by atoms with Crippen LogP contribution >= 0.6 is 0 Å². The topological polar surface area (TPSA) is 59.4 Å². The maximum absolute atomic E-state index is 13.4. The average Bonchev–Trinajstić information content (AvgIpc) is 2.27. The van der Waals surface area contributed by atoms with Gasteiger partial charge in [0, 0.05) is 23.9 Å². The van der Waals surface area contributed by atoms with E-state index in [0.29, 0.717) is 12.2 Å². The molecule has 1 aromatic heterocycles. The first-order valence-corrected chi connectivity index (χ1v) is 4.26. The fourth-order valence-corrected chi connectivity index (χ4v) is 1.00. The predicted molar refractivity (Wildman–Crippen MR) is 51.5 cm³/mol. The van der Waals surface area contributed by atoms with Crippen molar-refractivity contribution >= 4 is 5.97 Å². The van der Waals surface area contributed by atoms with Crippen molar-refractivity contribution in [1.29, 1.82) is 0 Å². The second-order valence-electron chi connectivity index (χ2n) is 2.88. The number of rotatable bonds is 4. The van der Waals surface area contributed by atoms with Crippen LogP contribution in [0.2, 0.25) is 0 Å². The summed E-state index contributed by atoms with van der Waals surface area (Å²) in [6.07, 6.45) is 1.87. The zero-order valence-corrected chi connectivity index (χ0v) is 8.35. The van der Waals surface area contributed by atoms with Crippen LogP contribution in [0.5, 0.6) is 5.88 Å². The zero-order valence-electron chi connectivity index (χ0n) is 8.35. The molecular weight excluding hydrogens is 220 g/mol. The Labute approximate surface area is 90.2 Å². The van der Waals surface area contributed by atoms with E-state index in [2.05, 4.69) is 4.98 Å². The Bertz CT molecular complexity index is 418. The summed E-state index contributed by atoms with van der Waals surface area (Å²) >= 11 is 0. The molecule has 0 aliphatic heterocycles. The van der Waals surface area contributed by atoms with E-state index in [1.54, 1.807) is 0 Å². The number of nitrogens with zero attached hydrogens (tertiary/aromatic N) is 1. The van der Waals surface area contributed by atoms with Crippen LogP contribution in [-0.2, 0) is 10.7 Å². The van der Waals surface area contributed by atoms with E-state index in [1.807, 2.05) is 0 Å². The molecule has 0 bridgehead atoms. The smallest absolute Gasteiger partial charge is 0.328 e. The van der Waals surface area contributed by atoms with Crippen LogP contribution in [-0.4, -0.2) is 23.2 Å². The van der Waals surface area contributed by atoms with Crippen LogP contribution in [0.4, 0.5) is 8.78 Å². The summed E-state index contributed by atoms with van der Waals surface area (Å²) in [6.45, 7) is 0. The first-order valence-electron chi connectivity index (χ1n) is 4.26. The summed E-state index contributed by atoms with van der Waals surface area (Å²) in [5.74, 6) is -4.75. The fourth-order valence-electron chi connectivity index (χ4n) is 1.00. The minimum atomic E-state index is -3.37. The third kappa shape index (κ3) is 3.01. The number of carboxylic acids is 1. The van der Waals surface area contributed by atoms with Crippen molar-refractivity contribution in [3.8, 4) is 5.88 Å². The van der Waals surface area contributed by atoms with Crippen LogP contribution in [0.25, 0.3) is 0 Å². The van der Waals surface area contributed by atoms with Crippen molar-refractivity contribution in [2.45, 2.75) is 5.92 Å². The highest BCUT2D eigenvalue weighted by Gasteiger charge is 2.28. The Morgan fingerprint density at radius 2 is 2.31 bits per heavy atom. The number of aliphatic carboxylic acids is 1. The van der Waals surface area contributed by atoms with Crippen LogP contribution in [0, 0.1) is 0 Å². The molecule has 0 aromatic carbocycles. The molecule has 0 amide bonds. The van der Waals surface area contributed by atoms with Gasteiger partial charge in [-0.3, -0.25) is 0 Å². The summed E-state index contributed by atoms with van der Waals surface area (Å²) in [5.41, 5.74) is -0.378. The van der Waals surface area contributed by atoms with Gasteiger partial charge in [-0.15, -0.1) is 0 Å². The van der Waals surface area contributed by atoms with E-state index in [1.165, 1.54) is 7.11 Å². The molecule has 1 aromatic rings. The van der Waals surface area contributed by atoms with Crippen LogP contribution in [0.1, 0.15) is 5.56 Å². The van der Waals surface area contributed by atoms with E-state index in [9.17, 15) is 13.6 Å². The lowest BCUT2D eigenvalue weighted by molar-refractivity contribution is -0.131. The number of aromatic nitrogens is 1. The summed E-state index contributed by atoms with van der Waals surface area (Å²) < 4.78 is 31.5. The Hall–Kier alpha value is -1.98. The van der Waals surface area contributed by atoms with E-state index < -0.39 is 11.9 Å². The molecule has 0 aliphatic rings. The minimum Gasteiger partial charge on any atom is -0.481 e. The highest BCUT2D eigenvalue weighted by atomic mass is 19.3. The molecule has 0 spiro atoms. The van der Waals surface area contributed by atoms with Gasteiger partial charge in [-0.2, -0.15) is 8.78 Å². The minimum absolute atomic E-state index is 0.0425. The molecule has 1 rings (SSSR count). The third-order valence-corrected chi connectivity index (χ3v) is 1.76. The quantitative estimate of drug-likeness (QED) is 0.800. The number of carboxylic acid groups (broad SMARTS) is 1. The van der Waals surface area contributed by atoms with Gasteiger partial charge in [-0.25, -0.2) is 9.78 Å². The van der Waals surface area contributed by atoms with Gasteiger partial charge in [0.1, 0.15) is 0 Å². The van der Waals surface area contributed by atoms with Crippen molar-refractivity contribution < 1.29 is 23.4 Å². The van der Waals surface area contributed by atoms with Crippen molar-refractivity contribution in [2.24, 2.45) is 0 Å². The molecule has 16 heavy (non-hydrogen) atoms. The molecular formula is C10H9F2NO3. The van der Waals surface area contributed by atoms with Gasteiger partial charge in [0.05, 0.1) is 7.11 Å². The van der Waals surface area contributed by atoms with Crippen LogP contribution in [0.15, 0.2) is 30.5 Å². The predicted octanol–water partition coefficient (Wildman–Crippen LogP) is 1.82. The van der Waals surface area contributed by atoms with E-state index in [4.69, 9.17) is 9.84 Å². The van der Waals surface area contributed by atoms with E-state index in [-0.39, 0.29) is 11.4 Å². The number of hydrogen-bond acceptors (Lipinski definition) is 3. The number of methoxy groups -OCH3 is 1. The molecule has 0 fully saturated rings. The molecule has 86 valence electrons. The highest BCUT2D eigenvalue weighted by Crippen LogP contribution is 2.30. The van der Waals surface area contributed by atoms with Gasteiger partial charge >= 0.3 is 5.97 Å². The normalized spacial score (nSPS) is 11.7. The molecule has 1 heterocycles. The molecule has 0 saturated carbocycles. The van der Waals surface area contributed by atoms with Gasteiger partial charge in [0.25, 0.3) is 5.92 Å². The largest absolute Gasteiger partial charge is 0.481 e. The molecule has 6 heteroatoms. The van der Waals surface area contributed by atoms with Gasteiger partial charge in [0.15, 0.2) is 0 Å². The summed E-state index contributed by atoms with van der Waals surface area (Å²) in [7, 11) is 1.30. The van der Waals surface area contributed by atoms with Gasteiger partial charge in [-0.05, 0) is 12.1 Å². The van der Waals surface area contributed by atoms with Crippen molar-refractivity contribution in [1.82, 2.24) is 4.98 Å². The number of hydrogen-bond donors (Lipinski definition) is 1. The average molecular weight is 229 g/mol. The number of pyridine rings is 1. The number of alkyl halides is 2. The maximum atomic E-state index is 13.4. The lowest BCUT2D eigenvalue weighted by atomic mass is 10.1. The standard InChI is InChI=1S/C10H9F2NO3/c1-16-8-6-7(3-5-13-8)10(11,12)4-2-9(14)15/h2-6H,1H3,(H,14,15)/b4-2+. The second-order valence-corrected chi connectivity index (χ2v) is 2.88. The molecule has 0 saturated heterocycles. The van der Waals surface area contributed by atoms with Gasteiger partial charge in [-0.1, -0.05) is 0 Å². The van der Waals surface area contributed by atoms with Crippen molar-refractivity contribution in [3.05, 3.63) is 36.0 Å². The van der Waals surface area contributed by atoms with Crippen molar-refractivity contribution in [3.63, 3.8) is 0 Å². The summed E-state index contributed by atoms with van der Waals surface area (Å²) in [4.78, 5) is 13.8. The SMILES string of the molecule is COc1cc(C(F)(F)/C=C/C(=O)O)ccn1. The zero-order chi connectivity index (χ0) is 12.2. The lowest BCUT2D eigenvalue weighted by Crippen LogP contribution is -2.10. The first kappa shape index (κ1) is 12.1. The van der Waals surface area contributed by atoms with Crippen molar-refractivity contribution in [2.75, 3.05) is 7.11 Å². The summed E-state index contributed by atoms with van der Waals surface area (Å²) in [5, 5.41) is 8.27. The van der Waals surface area contributed by atoms with E-state index in [0.717, 1.165) is 18.3 Å².